The Morgan fingerprint density at radius 3 is 2.33 bits per heavy atom. The zero-order valence-corrected chi connectivity index (χ0v) is 13.0. The molecule has 1 saturated carbocycles. The minimum atomic E-state index is -0.945. The van der Waals surface area contributed by atoms with Crippen LogP contribution in [0.2, 0.25) is 0 Å². The zero-order valence-electron chi connectivity index (χ0n) is 13.0. The molecule has 21 heavy (non-hydrogen) atoms. The maximum atomic E-state index is 11.9. The Labute approximate surface area is 123 Å². The predicted molar refractivity (Wildman–Crippen MR) is 72.7 cm³/mol. The van der Waals surface area contributed by atoms with Crippen molar-refractivity contribution in [3.05, 3.63) is 0 Å². The smallest absolute Gasteiger partial charge is 0.407 e. The molecule has 1 heterocycles. The van der Waals surface area contributed by atoms with E-state index >= 15 is 0 Å². The van der Waals surface area contributed by atoms with Crippen LogP contribution in [0.4, 0.5) is 4.79 Å². The van der Waals surface area contributed by atoms with Crippen LogP contribution in [0.15, 0.2) is 0 Å². The van der Waals surface area contributed by atoms with Gasteiger partial charge in [-0.25, -0.2) is 4.79 Å². The van der Waals surface area contributed by atoms with Gasteiger partial charge in [0.05, 0.1) is 12.0 Å². The molecule has 2 rings (SSSR count). The van der Waals surface area contributed by atoms with Gasteiger partial charge in [0.2, 0.25) is 0 Å². The molecule has 4 atom stereocenters. The number of rotatable bonds is 2. The number of hydrogen-bond donors (Lipinski definition) is 2. The van der Waals surface area contributed by atoms with E-state index in [9.17, 15) is 14.7 Å². The molecule has 2 fully saturated rings. The van der Waals surface area contributed by atoms with Crippen molar-refractivity contribution in [2.75, 3.05) is 0 Å². The highest BCUT2D eigenvalue weighted by atomic mass is 16.8. The van der Waals surface area contributed by atoms with Crippen LogP contribution in [0.3, 0.4) is 0 Å². The lowest BCUT2D eigenvalue weighted by atomic mass is 10.1. The molecule has 0 aromatic heterocycles. The number of fused-ring (bicyclic) bond motifs is 1. The summed E-state index contributed by atoms with van der Waals surface area (Å²) in [6, 6.07) is -0.437. The fourth-order valence-corrected chi connectivity index (χ4v) is 2.82. The molecule has 0 spiro atoms. The maximum absolute atomic E-state index is 11.9. The summed E-state index contributed by atoms with van der Waals surface area (Å²) in [6.45, 7) is 8.76. The van der Waals surface area contributed by atoms with Gasteiger partial charge in [-0.1, -0.05) is 0 Å². The average molecular weight is 301 g/mol. The molecule has 2 aliphatic rings. The van der Waals surface area contributed by atoms with E-state index in [-0.39, 0.29) is 6.42 Å². The van der Waals surface area contributed by atoms with Gasteiger partial charge in [0.15, 0.2) is 5.79 Å². The molecular formula is C14H23NO6. The molecule has 0 bridgehead atoms. The van der Waals surface area contributed by atoms with Gasteiger partial charge < -0.3 is 24.6 Å². The number of hydrogen-bond acceptors (Lipinski definition) is 5. The second-order valence-electron chi connectivity index (χ2n) is 7.00. The fraction of sp³-hybridized carbons (Fsp3) is 0.857. The fourth-order valence-electron chi connectivity index (χ4n) is 2.82. The molecule has 1 aliphatic carbocycles. The summed E-state index contributed by atoms with van der Waals surface area (Å²) in [6.07, 6.45) is -1.35. The topological polar surface area (TPSA) is 94.1 Å². The minimum absolute atomic E-state index is 0.264. The van der Waals surface area contributed by atoms with Gasteiger partial charge in [-0.2, -0.15) is 0 Å². The van der Waals surface area contributed by atoms with Gasteiger partial charge >= 0.3 is 12.1 Å². The Balaban J connectivity index is 2.07. The van der Waals surface area contributed by atoms with E-state index < -0.39 is 47.6 Å². The minimum Gasteiger partial charge on any atom is -0.481 e. The number of carboxylic acid groups (broad SMARTS) is 1. The monoisotopic (exact) mass is 301 g/mol. The Kier molecular flexibility index (Phi) is 3.92. The summed E-state index contributed by atoms with van der Waals surface area (Å²) in [4.78, 5) is 23.2. The zero-order chi connectivity index (χ0) is 16.0. The van der Waals surface area contributed by atoms with E-state index in [1.165, 1.54) is 0 Å². The van der Waals surface area contributed by atoms with Gasteiger partial charge in [-0.15, -0.1) is 0 Å². The lowest BCUT2D eigenvalue weighted by molar-refractivity contribution is -0.166. The SMILES string of the molecule is CC(C)(C)OC(=O)N[C@H]1C[C@@H](C(=O)O)[C@@H]2OC(C)(C)O[C@@H]21. The van der Waals surface area contributed by atoms with Crippen LogP contribution in [-0.4, -0.2) is 46.8 Å². The number of ether oxygens (including phenoxy) is 3. The van der Waals surface area contributed by atoms with Crippen molar-refractivity contribution in [1.29, 1.82) is 0 Å². The summed E-state index contributed by atoms with van der Waals surface area (Å²) in [5, 5.41) is 12.0. The number of carbonyl (C=O) groups excluding carboxylic acids is 1. The molecule has 7 nitrogen and oxygen atoms in total. The van der Waals surface area contributed by atoms with Crippen molar-refractivity contribution in [1.82, 2.24) is 5.32 Å². The first-order chi connectivity index (χ1) is 9.48. The van der Waals surface area contributed by atoms with Crippen LogP contribution in [0, 0.1) is 5.92 Å². The number of aliphatic carboxylic acids is 1. The maximum Gasteiger partial charge on any atom is 0.407 e. The Hall–Kier alpha value is -1.34. The number of amides is 1. The van der Waals surface area contributed by atoms with Crippen molar-refractivity contribution < 1.29 is 28.9 Å². The first kappa shape index (κ1) is 16.0. The quantitative estimate of drug-likeness (QED) is 0.803. The summed E-state index contributed by atoms with van der Waals surface area (Å²) in [7, 11) is 0. The highest BCUT2D eigenvalue weighted by molar-refractivity contribution is 5.73. The first-order valence-corrected chi connectivity index (χ1v) is 7.06. The lowest BCUT2D eigenvalue weighted by Gasteiger charge is -2.25. The van der Waals surface area contributed by atoms with E-state index in [4.69, 9.17) is 14.2 Å². The van der Waals surface area contributed by atoms with E-state index in [0.29, 0.717) is 0 Å². The van der Waals surface area contributed by atoms with E-state index in [0.717, 1.165) is 0 Å². The van der Waals surface area contributed by atoms with E-state index in [1.807, 2.05) is 0 Å². The van der Waals surface area contributed by atoms with Gasteiger partial charge in [0.1, 0.15) is 17.8 Å². The van der Waals surface area contributed by atoms with Gasteiger partial charge in [-0.05, 0) is 41.0 Å². The summed E-state index contributed by atoms with van der Waals surface area (Å²) in [5.74, 6) is -2.49. The molecule has 1 saturated heterocycles. The highest BCUT2D eigenvalue weighted by Crippen LogP contribution is 2.41. The van der Waals surface area contributed by atoms with Crippen LogP contribution in [0.5, 0.6) is 0 Å². The summed E-state index contributed by atoms with van der Waals surface area (Å²) < 4.78 is 16.6. The van der Waals surface area contributed by atoms with Crippen LogP contribution in [-0.2, 0) is 19.0 Å². The molecule has 7 heteroatoms. The number of carboxylic acids is 1. The van der Waals surface area contributed by atoms with Gasteiger partial charge in [0, 0.05) is 0 Å². The van der Waals surface area contributed by atoms with Gasteiger partial charge in [0.25, 0.3) is 0 Å². The van der Waals surface area contributed by atoms with Crippen molar-refractivity contribution >= 4 is 12.1 Å². The largest absolute Gasteiger partial charge is 0.481 e. The first-order valence-electron chi connectivity index (χ1n) is 7.06. The Morgan fingerprint density at radius 1 is 1.24 bits per heavy atom. The van der Waals surface area contributed by atoms with Crippen molar-refractivity contribution in [3.8, 4) is 0 Å². The Bertz CT molecular complexity index is 441. The summed E-state index contributed by atoms with van der Waals surface area (Å²) in [5.41, 5.74) is -0.611. The van der Waals surface area contributed by atoms with E-state index in [1.54, 1.807) is 34.6 Å². The third-order valence-corrected chi connectivity index (χ3v) is 3.48. The molecule has 120 valence electrons. The van der Waals surface area contributed by atoms with Crippen molar-refractivity contribution in [3.63, 3.8) is 0 Å². The second-order valence-corrected chi connectivity index (χ2v) is 7.00. The normalized spacial score (nSPS) is 34.3. The standard InChI is InChI=1S/C14H23NO6/c1-13(2,3)21-12(18)15-8-6-7(11(16)17)9-10(8)20-14(4,5)19-9/h7-10H,6H2,1-5H3,(H,15,18)(H,16,17)/t7-,8+,9+,10-/m1/s1. The van der Waals surface area contributed by atoms with Crippen LogP contribution in [0.25, 0.3) is 0 Å². The Morgan fingerprint density at radius 2 is 1.81 bits per heavy atom. The molecule has 1 aliphatic heterocycles. The number of nitrogens with one attached hydrogen (secondary N) is 1. The molecule has 2 N–H and O–H groups in total. The van der Waals surface area contributed by atoms with E-state index in [2.05, 4.69) is 5.32 Å². The van der Waals surface area contributed by atoms with Crippen molar-refractivity contribution in [2.45, 2.75) is 70.7 Å². The van der Waals surface area contributed by atoms with Gasteiger partial charge in [-0.3, -0.25) is 4.79 Å². The second kappa shape index (κ2) is 5.14. The van der Waals surface area contributed by atoms with Crippen LogP contribution in [0.1, 0.15) is 41.0 Å². The number of carbonyl (C=O) groups is 2. The molecule has 0 radical (unpaired) electrons. The average Bonchev–Trinajstić information content (AvgIpc) is 2.70. The highest BCUT2D eigenvalue weighted by Gasteiger charge is 2.56. The molecule has 0 aromatic carbocycles. The summed E-state index contributed by atoms with van der Waals surface area (Å²) >= 11 is 0. The van der Waals surface area contributed by atoms with Crippen molar-refractivity contribution in [2.24, 2.45) is 5.92 Å². The molecule has 0 aromatic rings. The third kappa shape index (κ3) is 3.65. The predicted octanol–water partition coefficient (Wildman–Crippen LogP) is 1.50. The molecule has 0 unspecified atom stereocenters. The molecular weight excluding hydrogens is 278 g/mol. The lowest BCUT2D eigenvalue weighted by Crippen LogP contribution is -2.45. The third-order valence-electron chi connectivity index (χ3n) is 3.48. The van der Waals surface area contributed by atoms with Crippen LogP contribution < -0.4 is 5.32 Å². The molecule has 1 amide bonds. The van der Waals surface area contributed by atoms with Crippen LogP contribution >= 0.6 is 0 Å². The number of alkyl carbamates (subject to hydrolysis) is 1.